The van der Waals surface area contributed by atoms with Gasteiger partial charge in [-0.2, -0.15) is 15.3 Å². The summed E-state index contributed by atoms with van der Waals surface area (Å²) in [6, 6.07) is 0. The summed E-state index contributed by atoms with van der Waals surface area (Å²) in [5.74, 6) is 1.78. The van der Waals surface area contributed by atoms with Crippen LogP contribution in [0, 0.1) is 41.5 Å². The Hall–Kier alpha value is -4.29. The van der Waals surface area contributed by atoms with Gasteiger partial charge in [-0.25, -0.2) is 23.4 Å². The second kappa shape index (κ2) is 14.4. The molecule has 0 fully saturated rings. The summed E-state index contributed by atoms with van der Waals surface area (Å²) in [6.45, 7) is 11.1. The van der Waals surface area contributed by atoms with Crippen LogP contribution >= 0.6 is 11.8 Å². The first-order valence-corrected chi connectivity index (χ1v) is 19.0. The fourth-order valence-corrected chi connectivity index (χ4v) is 8.09. The molecular formula is C30H39N9O6S3. The van der Waals surface area contributed by atoms with Gasteiger partial charge in [-0.3, -0.25) is 19.5 Å². The SMILES string of the molecule is COc1c(S(C)(=O)=O)c(C)nc2n[nH]c(C)c12.COc1c(S(C)=O)c(C)nc2n[nH]c(C)c12.COc1c(SC)c(C)nc2n[nH]c(C)c12. The van der Waals surface area contributed by atoms with Crippen molar-refractivity contribution >= 4 is 65.5 Å². The van der Waals surface area contributed by atoms with Crippen molar-refractivity contribution < 1.29 is 26.8 Å². The smallest absolute Gasteiger partial charge is 0.185 e. The number of sulfone groups is 1. The number of rotatable bonds is 6. The molecule has 0 spiro atoms. The number of pyridine rings is 3. The number of fused-ring (bicyclic) bond motifs is 3. The molecule has 0 aromatic carbocycles. The molecule has 0 radical (unpaired) electrons. The summed E-state index contributed by atoms with van der Waals surface area (Å²) in [5.41, 5.74) is 6.41. The van der Waals surface area contributed by atoms with E-state index in [1.807, 2.05) is 34.0 Å². The highest BCUT2D eigenvalue weighted by Crippen LogP contribution is 2.37. The molecule has 6 rings (SSSR count). The molecule has 1 unspecified atom stereocenters. The van der Waals surface area contributed by atoms with Crippen molar-refractivity contribution in [1.29, 1.82) is 0 Å². The van der Waals surface area contributed by atoms with Crippen LogP contribution < -0.4 is 14.2 Å². The lowest BCUT2D eigenvalue weighted by Crippen LogP contribution is -2.06. The molecule has 48 heavy (non-hydrogen) atoms. The molecular weight excluding hydrogens is 679 g/mol. The van der Waals surface area contributed by atoms with Crippen LogP contribution in [0.25, 0.3) is 33.1 Å². The summed E-state index contributed by atoms with van der Waals surface area (Å²) in [7, 11) is 0.166. The van der Waals surface area contributed by atoms with Crippen molar-refractivity contribution in [3.05, 3.63) is 34.2 Å². The van der Waals surface area contributed by atoms with Crippen LogP contribution in [0.4, 0.5) is 0 Å². The second-order valence-corrected chi connectivity index (χ2v) is 14.8. The van der Waals surface area contributed by atoms with Crippen LogP contribution in [-0.2, 0) is 20.6 Å². The van der Waals surface area contributed by atoms with E-state index < -0.39 is 20.6 Å². The maximum absolute atomic E-state index is 11.8. The number of thioether (sulfide) groups is 1. The zero-order valence-electron chi connectivity index (χ0n) is 28.9. The van der Waals surface area contributed by atoms with E-state index in [1.165, 1.54) is 7.11 Å². The summed E-state index contributed by atoms with van der Waals surface area (Å²) in [6.07, 6.45) is 4.78. The van der Waals surface area contributed by atoms with Gasteiger partial charge in [0, 0.05) is 29.6 Å². The number of ether oxygens (including phenoxy) is 3. The monoisotopic (exact) mass is 717 g/mol. The first kappa shape index (κ1) is 36.5. The predicted molar refractivity (Wildman–Crippen MR) is 187 cm³/mol. The number of aryl methyl sites for hydroxylation is 6. The van der Waals surface area contributed by atoms with Crippen molar-refractivity contribution in [3.8, 4) is 17.2 Å². The molecule has 15 nitrogen and oxygen atoms in total. The van der Waals surface area contributed by atoms with E-state index in [2.05, 4.69) is 45.5 Å². The summed E-state index contributed by atoms with van der Waals surface area (Å²) in [4.78, 5) is 14.8. The van der Waals surface area contributed by atoms with Gasteiger partial charge in [0.15, 0.2) is 32.5 Å². The molecule has 0 saturated carbocycles. The predicted octanol–water partition coefficient (Wildman–Crippen LogP) is 4.61. The molecule has 6 aromatic heterocycles. The quantitative estimate of drug-likeness (QED) is 0.202. The zero-order chi connectivity index (χ0) is 35.7. The summed E-state index contributed by atoms with van der Waals surface area (Å²) >= 11 is 1.64. The van der Waals surface area contributed by atoms with Crippen LogP contribution in [-0.4, -0.2) is 98.3 Å². The largest absolute Gasteiger partial charge is 0.495 e. The number of nitrogens with zero attached hydrogens (tertiary/aromatic N) is 6. The number of H-pyrrole nitrogens is 3. The van der Waals surface area contributed by atoms with Gasteiger partial charge >= 0.3 is 0 Å². The molecule has 18 heteroatoms. The third kappa shape index (κ3) is 6.82. The van der Waals surface area contributed by atoms with Crippen LogP contribution in [0.2, 0.25) is 0 Å². The number of methoxy groups -OCH3 is 3. The Morgan fingerprint density at radius 2 is 1.04 bits per heavy atom. The molecule has 6 heterocycles. The Bertz CT molecular complexity index is 2280. The van der Waals surface area contributed by atoms with Gasteiger partial charge in [0.25, 0.3) is 0 Å². The van der Waals surface area contributed by atoms with E-state index in [4.69, 9.17) is 14.2 Å². The highest BCUT2D eigenvalue weighted by molar-refractivity contribution is 7.98. The van der Waals surface area contributed by atoms with Crippen molar-refractivity contribution in [2.75, 3.05) is 40.1 Å². The molecule has 3 N–H and O–H groups in total. The zero-order valence-corrected chi connectivity index (χ0v) is 31.3. The maximum Gasteiger partial charge on any atom is 0.185 e. The topological polar surface area (TPSA) is 204 Å². The van der Waals surface area contributed by atoms with Crippen molar-refractivity contribution in [2.45, 2.75) is 56.2 Å². The van der Waals surface area contributed by atoms with E-state index in [1.54, 1.807) is 46.1 Å². The lowest BCUT2D eigenvalue weighted by atomic mass is 10.2. The molecule has 1 atom stereocenters. The standard InChI is InChI=1S/C10H13N3O3S.C10H13N3O2S.C10H13N3OS/c1-5-7-8(16-3)9(17(4,14)15)6(2)11-10(7)13-12-5;1-5-7-8(15-3)9(16(4)14)6(2)11-10(7)13-12-5;1-5-7-8(14-3)9(15-4)6(2)11-10(7)13-12-5/h1-4H3,(H,11,12,13);1-4H3,(H,11,12,13);1-4H3,(H,11,12,13). The molecule has 0 amide bonds. The Morgan fingerprint density at radius 3 is 1.44 bits per heavy atom. The summed E-state index contributed by atoms with van der Waals surface area (Å²) < 4.78 is 51.2. The number of nitrogens with one attached hydrogen (secondary N) is 3. The highest BCUT2D eigenvalue weighted by atomic mass is 32.2. The van der Waals surface area contributed by atoms with Gasteiger partial charge < -0.3 is 14.2 Å². The Balaban J connectivity index is 0.000000163. The van der Waals surface area contributed by atoms with Crippen molar-refractivity contribution in [1.82, 2.24) is 45.5 Å². The lowest BCUT2D eigenvalue weighted by molar-refractivity contribution is 0.406. The molecule has 6 aromatic rings. The molecule has 0 aliphatic rings. The Kier molecular flexibility index (Phi) is 11.0. The minimum atomic E-state index is -3.39. The van der Waals surface area contributed by atoms with Gasteiger partial charge in [-0.1, -0.05) is 0 Å². The molecule has 258 valence electrons. The van der Waals surface area contributed by atoms with E-state index >= 15 is 0 Å². The molecule has 0 saturated heterocycles. The van der Waals surface area contributed by atoms with Gasteiger partial charge in [0.2, 0.25) is 0 Å². The van der Waals surface area contributed by atoms with Crippen LogP contribution in [0.15, 0.2) is 14.7 Å². The van der Waals surface area contributed by atoms with E-state index in [0.29, 0.717) is 44.5 Å². The minimum absolute atomic E-state index is 0.122. The second-order valence-electron chi connectivity index (χ2n) is 10.8. The number of aromatic amines is 3. The van der Waals surface area contributed by atoms with E-state index in [-0.39, 0.29) is 4.90 Å². The number of hydrogen-bond donors (Lipinski definition) is 3. The molecule has 0 aliphatic carbocycles. The minimum Gasteiger partial charge on any atom is -0.495 e. The third-order valence-electron chi connectivity index (χ3n) is 7.37. The van der Waals surface area contributed by atoms with Crippen molar-refractivity contribution in [3.63, 3.8) is 0 Å². The fraction of sp³-hybridized carbons (Fsp3) is 0.400. The average Bonchev–Trinajstić information content (AvgIpc) is 3.70. The average molecular weight is 718 g/mol. The van der Waals surface area contributed by atoms with Crippen LogP contribution in [0.5, 0.6) is 17.2 Å². The number of aromatic nitrogens is 9. The molecule has 0 aliphatic heterocycles. The lowest BCUT2D eigenvalue weighted by Gasteiger charge is -2.10. The van der Waals surface area contributed by atoms with Gasteiger partial charge in [-0.15, -0.1) is 11.8 Å². The van der Waals surface area contributed by atoms with E-state index in [9.17, 15) is 12.6 Å². The maximum atomic E-state index is 11.8. The fourth-order valence-electron chi connectivity index (χ4n) is 5.37. The summed E-state index contributed by atoms with van der Waals surface area (Å²) in [5, 5.41) is 23.2. The van der Waals surface area contributed by atoms with Gasteiger partial charge in [0.05, 0.1) is 70.3 Å². The van der Waals surface area contributed by atoms with Crippen LogP contribution in [0.1, 0.15) is 34.2 Å². The Morgan fingerprint density at radius 1 is 0.646 bits per heavy atom. The van der Waals surface area contributed by atoms with Gasteiger partial charge in [-0.05, 0) is 47.8 Å². The van der Waals surface area contributed by atoms with Crippen molar-refractivity contribution in [2.24, 2.45) is 0 Å². The number of hydrogen-bond acceptors (Lipinski definition) is 13. The Labute approximate surface area is 284 Å². The van der Waals surface area contributed by atoms with Gasteiger partial charge in [0.1, 0.15) is 21.3 Å². The highest BCUT2D eigenvalue weighted by Gasteiger charge is 2.24. The molecule has 0 bridgehead atoms. The first-order chi connectivity index (χ1) is 22.6. The normalized spacial score (nSPS) is 12.0. The van der Waals surface area contributed by atoms with E-state index in [0.717, 1.165) is 56.1 Å². The van der Waals surface area contributed by atoms with Crippen LogP contribution in [0.3, 0.4) is 0 Å². The first-order valence-electron chi connectivity index (χ1n) is 14.4. The third-order valence-corrected chi connectivity index (χ3v) is 10.5.